The molecule has 0 radical (unpaired) electrons. The number of aryl methyl sites for hydroxylation is 2. The molecule has 1 atom stereocenters. The number of carbonyl (C=O) groups excluding carboxylic acids is 1. The van der Waals surface area contributed by atoms with Gasteiger partial charge in [-0.15, -0.1) is 11.3 Å². The second-order valence-corrected chi connectivity index (χ2v) is 6.63. The molecule has 0 aliphatic carbocycles. The fourth-order valence-corrected chi connectivity index (χ4v) is 3.52. The Labute approximate surface area is 134 Å². The number of carbonyl (C=O) groups is 1. The van der Waals surface area contributed by atoms with Crippen LogP contribution in [0.1, 0.15) is 22.6 Å². The van der Waals surface area contributed by atoms with E-state index in [0.29, 0.717) is 13.0 Å². The van der Waals surface area contributed by atoms with Crippen molar-refractivity contribution in [3.63, 3.8) is 0 Å². The Hall–Kier alpha value is -1.88. The van der Waals surface area contributed by atoms with Gasteiger partial charge in [0, 0.05) is 24.8 Å². The third kappa shape index (κ3) is 3.30. The molecule has 5 heteroatoms. The fraction of sp³-hybridized carbons (Fsp3) is 0.412. The first-order valence-electron chi connectivity index (χ1n) is 7.51. The zero-order valence-electron chi connectivity index (χ0n) is 12.9. The smallest absolute Gasteiger partial charge is 0.222 e. The minimum atomic E-state index is 0.0662. The molecular weight excluding hydrogens is 296 g/mol. The first kappa shape index (κ1) is 15.0. The van der Waals surface area contributed by atoms with Crippen LogP contribution in [-0.4, -0.2) is 35.5 Å². The van der Waals surface area contributed by atoms with E-state index >= 15 is 0 Å². The summed E-state index contributed by atoms with van der Waals surface area (Å²) in [5, 5.41) is 0. The lowest BCUT2D eigenvalue weighted by Crippen LogP contribution is -2.36. The minimum Gasteiger partial charge on any atom is -0.488 e. The fourth-order valence-electron chi connectivity index (χ4n) is 2.74. The summed E-state index contributed by atoms with van der Waals surface area (Å²) in [5.41, 5.74) is 4.10. The number of amides is 1. The molecule has 0 bridgehead atoms. The second kappa shape index (κ2) is 6.48. The van der Waals surface area contributed by atoms with Crippen LogP contribution in [0.4, 0.5) is 0 Å². The van der Waals surface area contributed by atoms with E-state index in [-0.39, 0.29) is 12.0 Å². The lowest BCUT2D eigenvalue weighted by atomic mass is 10.1. The van der Waals surface area contributed by atoms with Crippen molar-refractivity contribution in [2.75, 3.05) is 13.6 Å². The number of hydrogen-bond acceptors (Lipinski definition) is 4. The number of likely N-dealkylation sites (N-methyl/N-ethyl adjacent to an activating group) is 1. The predicted octanol–water partition coefficient (Wildman–Crippen LogP) is 2.85. The third-order valence-electron chi connectivity index (χ3n) is 4.03. The molecule has 4 nitrogen and oxygen atoms in total. The Balaban J connectivity index is 1.49. The highest BCUT2D eigenvalue weighted by Gasteiger charge is 2.24. The van der Waals surface area contributed by atoms with Crippen LogP contribution in [0.15, 0.2) is 29.8 Å². The van der Waals surface area contributed by atoms with Crippen LogP contribution >= 0.6 is 11.3 Å². The molecule has 1 aliphatic heterocycles. The monoisotopic (exact) mass is 316 g/mol. The highest BCUT2D eigenvalue weighted by molar-refractivity contribution is 7.09. The van der Waals surface area contributed by atoms with E-state index in [2.05, 4.69) is 11.1 Å². The molecule has 1 aromatic heterocycles. The first-order chi connectivity index (χ1) is 10.6. The molecule has 0 fully saturated rings. The summed E-state index contributed by atoms with van der Waals surface area (Å²) in [6.45, 7) is 2.62. The summed E-state index contributed by atoms with van der Waals surface area (Å²) in [6.07, 6.45) is 2.24. The Morgan fingerprint density at radius 3 is 3.00 bits per heavy atom. The molecule has 1 amide bonds. The topological polar surface area (TPSA) is 42.4 Å². The van der Waals surface area contributed by atoms with Crippen molar-refractivity contribution >= 4 is 17.2 Å². The van der Waals surface area contributed by atoms with Gasteiger partial charge in [-0.2, -0.15) is 0 Å². The molecule has 2 aromatic rings. The molecule has 3 rings (SSSR count). The van der Waals surface area contributed by atoms with E-state index in [0.717, 1.165) is 24.3 Å². The van der Waals surface area contributed by atoms with Gasteiger partial charge in [-0.25, -0.2) is 4.98 Å². The summed E-state index contributed by atoms with van der Waals surface area (Å²) in [7, 11) is 1.86. The van der Waals surface area contributed by atoms with Gasteiger partial charge in [0.1, 0.15) is 11.9 Å². The van der Waals surface area contributed by atoms with Crippen LogP contribution in [0.25, 0.3) is 0 Å². The Bertz CT molecular complexity index is 643. The molecule has 0 spiro atoms. The van der Waals surface area contributed by atoms with Crippen molar-refractivity contribution in [1.29, 1.82) is 0 Å². The molecule has 0 unspecified atom stereocenters. The van der Waals surface area contributed by atoms with Crippen molar-refractivity contribution in [2.45, 2.75) is 32.3 Å². The zero-order valence-corrected chi connectivity index (χ0v) is 13.7. The Morgan fingerprint density at radius 1 is 1.45 bits per heavy atom. The van der Waals surface area contributed by atoms with Crippen LogP contribution in [0, 0.1) is 6.92 Å². The maximum atomic E-state index is 12.3. The Kier molecular flexibility index (Phi) is 4.43. The summed E-state index contributed by atoms with van der Waals surface area (Å²) < 4.78 is 5.90. The third-order valence-corrected chi connectivity index (χ3v) is 5.02. The highest BCUT2D eigenvalue weighted by atomic mass is 32.1. The number of hydrogen-bond donors (Lipinski definition) is 0. The van der Waals surface area contributed by atoms with Gasteiger partial charge in [-0.3, -0.25) is 4.79 Å². The number of fused-ring (bicyclic) bond motifs is 1. The maximum absolute atomic E-state index is 12.3. The molecule has 0 N–H and O–H groups in total. The summed E-state index contributed by atoms with van der Waals surface area (Å²) >= 11 is 1.62. The first-order valence-corrected chi connectivity index (χ1v) is 8.39. The molecule has 116 valence electrons. The normalized spacial score (nSPS) is 16.2. The van der Waals surface area contributed by atoms with Gasteiger partial charge in [-0.05, 0) is 25.0 Å². The van der Waals surface area contributed by atoms with Gasteiger partial charge in [0.15, 0.2) is 0 Å². The lowest BCUT2D eigenvalue weighted by molar-refractivity contribution is -0.130. The number of benzene rings is 1. The quantitative estimate of drug-likeness (QED) is 0.852. The number of thiazole rings is 1. The second-order valence-electron chi connectivity index (χ2n) is 5.69. The van der Waals surface area contributed by atoms with Crippen molar-refractivity contribution in [1.82, 2.24) is 9.88 Å². The summed E-state index contributed by atoms with van der Waals surface area (Å²) in [4.78, 5) is 19.5. The molecule has 1 aromatic carbocycles. The number of para-hydroxylation sites is 1. The van der Waals surface area contributed by atoms with Crippen molar-refractivity contribution in [3.05, 3.63) is 45.9 Å². The molecular formula is C17H20N2O2S. The van der Waals surface area contributed by atoms with Crippen LogP contribution in [0.3, 0.4) is 0 Å². The highest BCUT2D eigenvalue weighted by Crippen LogP contribution is 2.28. The number of ether oxygens (including phenoxy) is 1. The molecule has 0 saturated heterocycles. The predicted molar refractivity (Wildman–Crippen MR) is 87.4 cm³/mol. The van der Waals surface area contributed by atoms with Crippen LogP contribution < -0.4 is 4.74 Å². The van der Waals surface area contributed by atoms with Gasteiger partial charge in [0.2, 0.25) is 5.91 Å². The Morgan fingerprint density at radius 2 is 2.27 bits per heavy atom. The van der Waals surface area contributed by atoms with Crippen LogP contribution in [-0.2, 0) is 17.6 Å². The van der Waals surface area contributed by atoms with Gasteiger partial charge >= 0.3 is 0 Å². The van der Waals surface area contributed by atoms with Gasteiger partial charge in [-0.1, -0.05) is 18.2 Å². The largest absolute Gasteiger partial charge is 0.488 e. The molecule has 22 heavy (non-hydrogen) atoms. The SMILES string of the molecule is Cc1ncsc1CCC(=O)N(C)C[C@H]1Cc2ccccc2O1. The molecule has 0 saturated carbocycles. The summed E-state index contributed by atoms with van der Waals surface area (Å²) in [6, 6.07) is 8.08. The van der Waals surface area contributed by atoms with E-state index in [1.54, 1.807) is 16.2 Å². The zero-order chi connectivity index (χ0) is 15.5. The standard InChI is InChI=1S/C17H20N2O2S/c1-12-16(22-11-18-12)7-8-17(20)19(2)10-14-9-13-5-3-4-6-15(13)21-14/h3-6,11,14H,7-10H2,1-2H3/t14-/m1/s1. The molecule has 1 aliphatic rings. The maximum Gasteiger partial charge on any atom is 0.222 e. The van der Waals surface area contributed by atoms with E-state index in [9.17, 15) is 4.79 Å². The van der Waals surface area contributed by atoms with E-state index < -0.39 is 0 Å². The molecule has 2 heterocycles. The van der Waals surface area contributed by atoms with Gasteiger partial charge < -0.3 is 9.64 Å². The number of aromatic nitrogens is 1. The van der Waals surface area contributed by atoms with Gasteiger partial charge in [0.25, 0.3) is 0 Å². The van der Waals surface area contributed by atoms with E-state index in [4.69, 9.17) is 4.74 Å². The summed E-state index contributed by atoms with van der Waals surface area (Å²) in [5.74, 6) is 1.11. The average molecular weight is 316 g/mol. The number of rotatable bonds is 5. The van der Waals surface area contributed by atoms with Crippen molar-refractivity contribution in [3.8, 4) is 5.75 Å². The van der Waals surface area contributed by atoms with Crippen molar-refractivity contribution < 1.29 is 9.53 Å². The van der Waals surface area contributed by atoms with Crippen LogP contribution in [0.2, 0.25) is 0 Å². The minimum absolute atomic E-state index is 0.0662. The van der Waals surface area contributed by atoms with Gasteiger partial charge in [0.05, 0.1) is 17.7 Å². The van der Waals surface area contributed by atoms with E-state index in [1.807, 2.05) is 37.7 Å². The lowest BCUT2D eigenvalue weighted by Gasteiger charge is -2.21. The average Bonchev–Trinajstić information content (AvgIpc) is 3.10. The van der Waals surface area contributed by atoms with Crippen LogP contribution in [0.5, 0.6) is 5.75 Å². The van der Waals surface area contributed by atoms with Crippen molar-refractivity contribution in [2.24, 2.45) is 0 Å². The van der Waals surface area contributed by atoms with E-state index in [1.165, 1.54) is 10.4 Å². The number of nitrogens with zero attached hydrogens (tertiary/aromatic N) is 2.